The fourth-order valence-corrected chi connectivity index (χ4v) is 6.08. The molecule has 35 heavy (non-hydrogen) atoms. The zero-order valence-corrected chi connectivity index (χ0v) is 21.8. The zero-order valence-electron chi connectivity index (χ0n) is 21.0. The molecular formula is C28H37N5OS. The molecule has 2 aliphatic rings. The molecule has 6 nitrogen and oxygen atoms in total. The molecule has 3 heterocycles. The van der Waals surface area contributed by atoms with Gasteiger partial charge in [-0.1, -0.05) is 54.2 Å². The van der Waals surface area contributed by atoms with E-state index in [1.54, 1.807) is 11.8 Å². The van der Waals surface area contributed by atoms with Gasteiger partial charge in [0, 0.05) is 44.6 Å². The molecular weight excluding hydrogens is 454 g/mol. The number of anilines is 1. The van der Waals surface area contributed by atoms with E-state index in [0.29, 0.717) is 12.0 Å². The molecule has 2 saturated heterocycles. The van der Waals surface area contributed by atoms with Gasteiger partial charge in [0.25, 0.3) is 0 Å². The van der Waals surface area contributed by atoms with E-state index in [1.807, 2.05) is 0 Å². The molecule has 0 saturated carbocycles. The molecule has 0 radical (unpaired) electrons. The van der Waals surface area contributed by atoms with Crippen molar-refractivity contribution in [1.29, 1.82) is 0 Å². The summed E-state index contributed by atoms with van der Waals surface area (Å²) in [5.74, 6) is 2.56. The smallest absolute Gasteiger partial charge is 0.191 e. The van der Waals surface area contributed by atoms with Gasteiger partial charge in [0.05, 0.1) is 12.6 Å². The summed E-state index contributed by atoms with van der Waals surface area (Å²) in [7, 11) is 4.17. The largest absolute Gasteiger partial charge is 0.378 e. The first-order valence-corrected chi connectivity index (χ1v) is 13.8. The van der Waals surface area contributed by atoms with E-state index >= 15 is 0 Å². The van der Waals surface area contributed by atoms with Crippen molar-refractivity contribution in [1.82, 2.24) is 19.7 Å². The van der Waals surface area contributed by atoms with E-state index < -0.39 is 0 Å². The van der Waals surface area contributed by atoms with E-state index in [4.69, 9.17) is 9.84 Å². The van der Waals surface area contributed by atoms with Crippen molar-refractivity contribution in [2.75, 3.05) is 44.4 Å². The Kier molecular flexibility index (Phi) is 8.06. The number of ether oxygens (including phenoxy) is 1. The number of thioether (sulfide) groups is 1. The maximum absolute atomic E-state index is 5.85. The van der Waals surface area contributed by atoms with E-state index in [0.717, 1.165) is 68.8 Å². The van der Waals surface area contributed by atoms with Crippen molar-refractivity contribution in [3.63, 3.8) is 0 Å². The second-order valence-corrected chi connectivity index (χ2v) is 11.0. The molecule has 3 aromatic rings. The van der Waals surface area contributed by atoms with Gasteiger partial charge in [-0.25, -0.2) is 0 Å². The summed E-state index contributed by atoms with van der Waals surface area (Å²) < 4.78 is 8.22. The second kappa shape index (κ2) is 11.6. The number of hydrogen-bond donors (Lipinski definition) is 0. The molecule has 1 aromatic heterocycles. The van der Waals surface area contributed by atoms with Crippen LogP contribution in [0, 0.1) is 0 Å². The van der Waals surface area contributed by atoms with Gasteiger partial charge in [-0.3, -0.25) is 4.90 Å². The summed E-state index contributed by atoms with van der Waals surface area (Å²) >= 11 is 1.80. The van der Waals surface area contributed by atoms with Gasteiger partial charge in [0.1, 0.15) is 5.82 Å². The normalized spacial score (nSPS) is 19.3. The SMILES string of the molecule is CN(C)c1ccc(CN2CCC(c3nnc(SCC4CCCO4)n3Cc3ccccc3)CC2)cc1. The molecule has 7 heteroatoms. The van der Waals surface area contributed by atoms with Crippen LogP contribution >= 0.6 is 11.8 Å². The van der Waals surface area contributed by atoms with Gasteiger partial charge in [-0.15, -0.1) is 10.2 Å². The van der Waals surface area contributed by atoms with Crippen molar-refractivity contribution in [3.8, 4) is 0 Å². The second-order valence-electron chi connectivity index (χ2n) is 9.97. The Hall–Kier alpha value is -2.35. The predicted molar refractivity (Wildman–Crippen MR) is 143 cm³/mol. The van der Waals surface area contributed by atoms with Gasteiger partial charge in [-0.2, -0.15) is 0 Å². The average Bonchev–Trinajstić information content (AvgIpc) is 3.54. The van der Waals surface area contributed by atoms with Crippen molar-refractivity contribution in [2.24, 2.45) is 0 Å². The van der Waals surface area contributed by atoms with Gasteiger partial charge in [0.2, 0.25) is 0 Å². The number of nitrogens with zero attached hydrogens (tertiary/aromatic N) is 5. The average molecular weight is 492 g/mol. The lowest BCUT2D eigenvalue weighted by molar-refractivity contribution is 0.129. The van der Waals surface area contributed by atoms with E-state index in [1.165, 1.54) is 23.2 Å². The monoisotopic (exact) mass is 491 g/mol. The van der Waals surface area contributed by atoms with Gasteiger partial charge < -0.3 is 14.2 Å². The van der Waals surface area contributed by atoms with Gasteiger partial charge in [0.15, 0.2) is 5.16 Å². The molecule has 0 spiro atoms. The summed E-state index contributed by atoms with van der Waals surface area (Å²) in [6, 6.07) is 19.6. The van der Waals surface area contributed by atoms with Crippen molar-refractivity contribution < 1.29 is 4.74 Å². The van der Waals surface area contributed by atoms with Crippen LogP contribution < -0.4 is 4.90 Å². The van der Waals surface area contributed by atoms with Crippen LogP contribution in [-0.4, -0.2) is 65.3 Å². The van der Waals surface area contributed by atoms with Crippen LogP contribution in [0.25, 0.3) is 0 Å². The van der Waals surface area contributed by atoms with Crippen LogP contribution in [0.15, 0.2) is 59.8 Å². The number of aromatic nitrogens is 3. The summed E-state index contributed by atoms with van der Waals surface area (Å²) in [5, 5.41) is 10.4. The maximum atomic E-state index is 5.85. The highest BCUT2D eigenvalue weighted by Crippen LogP contribution is 2.32. The first kappa shape index (κ1) is 24.3. The molecule has 1 atom stereocenters. The lowest BCUT2D eigenvalue weighted by Gasteiger charge is -2.31. The lowest BCUT2D eigenvalue weighted by atomic mass is 9.95. The molecule has 2 aromatic carbocycles. The fourth-order valence-electron chi connectivity index (χ4n) is 5.07. The van der Waals surface area contributed by atoms with Gasteiger partial charge >= 0.3 is 0 Å². The molecule has 0 bridgehead atoms. The summed E-state index contributed by atoms with van der Waals surface area (Å²) in [6.45, 7) is 4.92. The maximum Gasteiger partial charge on any atom is 0.191 e. The van der Waals surface area contributed by atoms with Crippen LogP contribution in [0.1, 0.15) is 48.6 Å². The van der Waals surface area contributed by atoms with Crippen molar-refractivity contribution in [2.45, 2.75) is 56.0 Å². The minimum atomic E-state index is 0.348. The Balaban J connectivity index is 1.24. The molecule has 5 rings (SSSR count). The van der Waals surface area contributed by atoms with Crippen LogP contribution in [0.2, 0.25) is 0 Å². The third-order valence-electron chi connectivity index (χ3n) is 7.16. The third kappa shape index (κ3) is 6.26. The van der Waals surface area contributed by atoms with Crippen LogP contribution in [0.3, 0.4) is 0 Å². The van der Waals surface area contributed by atoms with Gasteiger partial charge in [-0.05, 0) is 62.0 Å². The number of benzene rings is 2. The molecule has 0 aliphatic carbocycles. The van der Waals surface area contributed by atoms with E-state index in [9.17, 15) is 0 Å². The highest BCUT2D eigenvalue weighted by atomic mass is 32.2. The standard InChI is InChI=1S/C28H37N5OS/c1-31(2)25-12-10-23(11-13-25)19-32-16-14-24(15-17-32)27-29-30-28(35-21-26-9-6-18-34-26)33(27)20-22-7-4-3-5-8-22/h3-5,7-8,10-13,24,26H,6,9,14-21H2,1-2H3. The quantitative estimate of drug-likeness (QED) is 0.391. The van der Waals surface area contributed by atoms with Crippen LogP contribution in [0.5, 0.6) is 0 Å². The molecule has 1 unspecified atom stereocenters. The lowest BCUT2D eigenvalue weighted by Crippen LogP contribution is -2.33. The first-order chi connectivity index (χ1) is 17.2. The first-order valence-electron chi connectivity index (χ1n) is 12.9. The molecule has 186 valence electrons. The van der Waals surface area contributed by atoms with Crippen molar-refractivity contribution >= 4 is 17.4 Å². The van der Waals surface area contributed by atoms with Crippen LogP contribution in [0.4, 0.5) is 5.69 Å². The molecule has 2 aliphatic heterocycles. The minimum absolute atomic E-state index is 0.348. The van der Waals surface area contributed by atoms with E-state index in [-0.39, 0.29) is 0 Å². The topological polar surface area (TPSA) is 46.4 Å². The predicted octanol–water partition coefficient (Wildman–Crippen LogP) is 5.04. The zero-order chi connectivity index (χ0) is 24.0. The minimum Gasteiger partial charge on any atom is -0.378 e. The molecule has 2 fully saturated rings. The number of piperidine rings is 1. The summed E-state index contributed by atoms with van der Waals surface area (Å²) in [4.78, 5) is 4.72. The third-order valence-corrected chi connectivity index (χ3v) is 8.26. The number of hydrogen-bond acceptors (Lipinski definition) is 6. The van der Waals surface area contributed by atoms with Crippen LogP contribution in [-0.2, 0) is 17.8 Å². The highest BCUT2D eigenvalue weighted by Gasteiger charge is 2.27. The van der Waals surface area contributed by atoms with Crippen molar-refractivity contribution in [3.05, 3.63) is 71.5 Å². The van der Waals surface area contributed by atoms with E-state index in [2.05, 4.69) is 88.2 Å². The fraction of sp³-hybridized carbons (Fsp3) is 0.500. The Bertz CT molecular complexity index is 1050. The molecule has 0 amide bonds. The Morgan fingerprint density at radius 1 is 0.914 bits per heavy atom. The Morgan fingerprint density at radius 3 is 2.34 bits per heavy atom. The molecule has 0 N–H and O–H groups in total. The Labute approximate surface area is 213 Å². The Morgan fingerprint density at radius 2 is 1.66 bits per heavy atom. The number of likely N-dealkylation sites (tertiary alicyclic amines) is 1. The number of rotatable bonds is 9. The summed E-state index contributed by atoms with van der Waals surface area (Å²) in [5.41, 5.74) is 3.93. The highest BCUT2D eigenvalue weighted by molar-refractivity contribution is 7.99. The summed E-state index contributed by atoms with van der Waals surface area (Å²) in [6.07, 6.45) is 4.92.